The van der Waals surface area contributed by atoms with E-state index in [0.29, 0.717) is 6.42 Å². The van der Waals surface area contributed by atoms with Crippen LogP contribution in [0.3, 0.4) is 0 Å². The monoisotopic (exact) mass is 390 g/mol. The topological polar surface area (TPSA) is 33.2 Å². The van der Waals surface area contributed by atoms with Crippen LogP contribution in [0.15, 0.2) is 72.8 Å². The molecule has 2 heterocycles. The number of amides is 1. The molecule has 4 heteroatoms. The van der Waals surface area contributed by atoms with Gasteiger partial charge in [-0.25, -0.2) is 0 Å². The summed E-state index contributed by atoms with van der Waals surface area (Å²) in [6.07, 6.45) is 2.77. The molecule has 0 unspecified atom stereocenters. The average molecular weight is 391 g/mol. The molecule has 1 aliphatic rings. The maximum atomic E-state index is 12.8. The Morgan fingerprint density at radius 3 is 2.61 bits per heavy atom. The number of pyridine rings is 1. The molecule has 3 aromatic rings. The van der Waals surface area contributed by atoms with Crippen LogP contribution in [0.5, 0.6) is 0 Å². The van der Waals surface area contributed by atoms with Crippen molar-refractivity contribution >= 4 is 17.5 Å². The van der Waals surface area contributed by atoms with E-state index in [9.17, 15) is 4.79 Å². The second kappa shape index (κ2) is 8.57. The third-order valence-corrected chi connectivity index (χ3v) is 5.67. The molecule has 0 aliphatic carbocycles. The summed E-state index contributed by atoms with van der Waals surface area (Å²) in [5.74, 6) is 0.380. The highest BCUT2D eigenvalue weighted by molar-refractivity contribution is 6.31. The number of carbonyl (C=O) groups is 1. The standard InChI is InChI=1S/C24H23ClN2O/c25-22-13-5-4-10-19(22)16-21-12-6-14-23(26-21)20-11-7-15-27(17-20)24(28)18-8-2-1-3-9-18/h1-6,8-10,12-14,20H,7,11,15-17H2/t20-/m1/s1. The third kappa shape index (κ3) is 4.26. The minimum atomic E-state index is 0.109. The van der Waals surface area contributed by atoms with Gasteiger partial charge in [0.25, 0.3) is 5.91 Å². The molecular formula is C24H23ClN2O. The van der Waals surface area contributed by atoms with Crippen molar-refractivity contribution in [1.82, 2.24) is 9.88 Å². The number of piperidine rings is 1. The number of carbonyl (C=O) groups excluding carboxylic acids is 1. The molecule has 142 valence electrons. The first-order chi connectivity index (χ1) is 13.7. The van der Waals surface area contributed by atoms with Gasteiger partial charge in [-0.2, -0.15) is 0 Å². The van der Waals surface area contributed by atoms with Crippen LogP contribution in [-0.2, 0) is 6.42 Å². The van der Waals surface area contributed by atoms with Gasteiger partial charge in [-0.1, -0.05) is 54.1 Å². The molecular weight excluding hydrogens is 368 g/mol. The Balaban J connectivity index is 1.49. The molecule has 1 fully saturated rings. The molecule has 0 spiro atoms. The minimum Gasteiger partial charge on any atom is -0.338 e. The van der Waals surface area contributed by atoms with Gasteiger partial charge in [-0.05, 0) is 48.7 Å². The van der Waals surface area contributed by atoms with Gasteiger partial charge in [-0.15, -0.1) is 0 Å². The molecule has 1 amide bonds. The third-order valence-electron chi connectivity index (χ3n) is 5.31. The van der Waals surface area contributed by atoms with Gasteiger partial charge in [0.2, 0.25) is 0 Å². The van der Waals surface area contributed by atoms with E-state index >= 15 is 0 Å². The predicted octanol–water partition coefficient (Wildman–Crippen LogP) is 5.35. The van der Waals surface area contributed by atoms with Gasteiger partial charge in [0.1, 0.15) is 0 Å². The van der Waals surface area contributed by atoms with E-state index in [1.165, 1.54) is 0 Å². The number of nitrogens with zero attached hydrogens (tertiary/aromatic N) is 2. The number of halogens is 1. The molecule has 28 heavy (non-hydrogen) atoms. The van der Waals surface area contributed by atoms with Crippen molar-refractivity contribution < 1.29 is 4.79 Å². The molecule has 1 saturated heterocycles. The molecule has 1 aliphatic heterocycles. The Bertz CT molecular complexity index is 958. The molecule has 0 N–H and O–H groups in total. The summed E-state index contributed by atoms with van der Waals surface area (Å²) in [6, 6.07) is 23.6. The van der Waals surface area contributed by atoms with Crippen molar-refractivity contribution in [2.75, 3.05) is 13.1 Å². The lowest BCUT2D eigenvalue weighted by atomic mass is 9.93. The molecule has 0 bridgehead atoms. The predicted molar refractivity (Wildman–Crippen MR) is 113 cm³/mol. The fourth-order valence-electron chi connectivity index (χ4n) is 3.83. The van der Waals surface area contributed by atoms with E-state index in [-0.39, 0.29) is 11.8 Å². The Labute approximate surface area is 171 Å². The zero-order valence-corrected chi connectivity index (χ0v) is 16.5. The Kier molecular flexibility index (Phi) is 5.73. The minimum absolute atomic E-state index is 0.109. The summed E-state index contributed by atoms with van der Waals surface area (Å²) in [4.78, 5) is 19.7. The van der Waals surface area contributed by atoms with Crippen LogP contribution in [-0.4, -0.2) is 28.9 Å². The first kappa shape index (κ1) is 18.7. The largest absolute Gasteiger partial charge is 0.338 e. The Morgan fingerprint density at radius 2 is 1.79 bits per heavy atom. The fourth-order valence-corrected chi connectivity index (χ4v) is 4.03. The second-order valence-corrected chi connectivity index (χ2v) is 7.69. The van der Waals surface area contributed by atoms with Crippen LogP contribution in [0.25, 0.3) is 0 Å². The molecule has 0 radical (unpaired) electrons. The van der Waals surface area contributed by atoms with Crippen LogP contribution in [0.2, 0.25) is 5.02 Å². The van der Waals surface area contributed by atoms with E-state index in [1.54, 1.807) is 0 Å². The first-order valence-corrected chi connectivity index (χ1v) is 10.1. The highest BCUT2D eigenvalue weighted by atomic mass is 35.5. The lowest BCUT2D eigenvalue weighted by Crippen LogP contribution is -2.39. The van der Waals surface area contributed by atoms with E-state index in [2.05, 4.69) is 12.1 Å². The van der Waals surface area contributed by atoms with Crippen molar-refractivity contribution in [2.45, 2.75) is 25.2 Å². The summed E-state index contributed by atoms with van der Waals surface area (Å²) in [5.41, 5.74) is 3.91. The molecule has 0 saturated carbocycles. The van der Waals surface area contributed by atoms with E-state index in [0.717, 1.165) is 53.5 Å². The van der Waals surface area contributed by atoms with Gasteiger partial charge >= 0.3 is 0 Å². The van der Waals surface area contributed by atoms with Gasteiger partial charge in [0.05, 0.1) is 0 Å². The molecule has 1 atom stereocenters. The normalized spacial score (nSPS) is 16.8. The van der Waals surface area contributed by atoms with E-state index in [1.807, 2.05) is 65.6 Å². The van der Waals surface area contributed by atoms with Gasteiger partial charge in [-0.3, -0.25) is 9.78 Å². The quantitative estimate of drug-likeness (QED) is 0.602. The Morgan fingerprint density at radius 1 is 1.00 bits per heavy atom. The molecule has 1 aromatic heterocycles. The SMILES string of the molecule is O=C(c1ccccc1)N1CCC[C@@H](c2cccc(Cc3ccccc3Cl)n2)C1. The Hall–Kier alpha value is -2.65. The summed E-state index contributed by atoms with van der Waals surface area (Å²) < 4.78 is 0. The number of benzene rings is 2. The summed E-state index contributed by atoms with van der Waals surface area (Å²) in [7, 11) is 0. The van der Waals surface area contributed by atoms with Gasteiger partial charge in [0.15, 0.2) is 0 Å². The lowest BCUT2D eigenvalue weighted by molar-refractivity contribution is 0.0706. The number of aromatic nitrogens is 1. The van der Waals surface area contributed by atoms with Gasteiger partial charge in [0, 0.05) is 47.4 Å². The van der Waals surface area contributed by atoms with Crippen LogP contribution >= 0.6 is 11.6 Å². The van der Waals surface area contributed by atoms with Crippen molar-refractivity contribution in [3.63, 3.8) is 0 Å². The van der Waals surface area contributed by atoms with E-state index < -0.39 is 0 Å². The second-order valence-electron chi connectivity index (χ2n) is 7.28. The van der Waals surface area contributed by atoms with Crippen molar-refractivity contribution in [3.8, 4) is 0 Å². The average Bonchev–Trinajstić information content (AvgIpc) is 2.76. The molecule has 4 rings (SSSR count). The van der Waals surface area contributed by atoms with Crippen molar-refractivity contribution in [2.24, 2.45) is 0 Å². The zero-order chi connectivity index (χ0) is 19.3. The van der Waals surface area contributed by atoms with Crippen LogP contribution in [0.4, 0.5) is 0 Å². The number of rotatable bonds is 4. The van der Waals surface area contributed by atoms with Crippen molar-refractivity contribution in [3.05, 3.63) is 100 Å². The summed E-state index contributed by atoms with van der Waals surface area (Å²) >= 11 is 6.30. The van der Waals surface area contributed by atoms with E-state index in [4.69, 9.17) is 16.6 Å². The fraction of sp³-hybridized carbons (Fsp3) is 0.250. The summed E-state index contributed by atoms with van der Waals surface area (Å²) in [5, 5.41) is 0.770. The zero-order valence-electron chi connectivity index (χ0n) is 15.7. The summed E-state index contributed by atoms with van der Waals surface area (Å²) in [6.45, 7) is 1.53. The molecule has 3 nitrogen and oxygen atoms in total. The van der Waals surface area contributed by atoms with Crippen LogP contribution < -0.4 is 0 Å². The number of hydrogen-bond acceptors (Lipinski definition) is 2. The molecule has 2 aromatic carbocycles. The van der Waals surface area contributed by atoms with Crippen molar-refractivity contribution in [1.29, 1.82) is 0 Å². The highest BCUT2D eigenvalue weighted by Gasteiger charge is 2.26. The lowest BCUT2D eigenvalue weighted by Gasteiger charge is -2.32. The number of hydrogen-bond donors (Lipinski definition) is 0. The maximum absolute atomic E-state index is 12.8. The van der Waals surface area contributed by atoms with Crippen LogP contribution in [0.1, 0.15) is 46.1 Å². The highest BCUT2D eigenvalue weighted by Crippen LogP contribution is 2.27. The maximum Gasteiger partial charge on any atom is 0.253 e. The number of likely N-dealkylation sites (tertiary alicyclic amines) is 1. The smallest absolute Gasteiger partial charge is 0.253 e. The van der Waals surface area contributed by atoms with Crippen LogP contribution in [0, 0.1) is 0 Å². The first-order valence-electron chi connectivity index (χ1n) is 9.74. The van der Waals surface area contributed by atoms with Gasteiger partial charge < -0.3 is 4.90 Å².